The molecule has 0 unspecified atom stereocenters. The summed E-state index contributed by atoms with van der Waals surface area (Å²) in [4.78, 5) is 23.1. The lowest BCUT2D eigenvalue weighted by Gasteiger charge is -1.98. The van der Waals surface area contributed by atoms with Gasteiger partial charge in [-0.15, -0.1) is 0 Å². The fourth-order valence-electron chi connectivity index (χ4n) is 2.42. The zero-order valence-corrected chi connectivity index (χ0v) is 9.64. The maximum Gasteiger partial charge on any atom is 0.166 e. The lowest BCUT2D eigenvalue weighted by Crippen LogP contribution is -2.04. The average molecular weight is 216 g/mol. The Morgan fingerprint density at radius 2 is 1.81 bits per heavy atom. The van der Waals surface area contributed by atoms with Crippen LogP contribution in [0.15, 0.2) is 30.3 Å². The van der Waals surface area contributed by atoms with Crippen LogP contribution in [0.3, 0.4) is 0 Å². The van der Waals surface area contributed by atoms with Gasteiger partial charge in [-0.2, -0.15) is 0 Å². The maximum atomic E-state index is 12.1. The van der Waals surface area contributed by atoms with Crippen molar-refractivity contribution in [3.63, 3.8) is 0 Å². The molecule has 2 heteroatoms. The van der Waals surface area contributed by atoms with Gasteiger partial charge in [-0.1, -0.05) is 37.3 Å². The first kappa shape index (κ1) is 11.1. The Hall–Kier alpha value is -1.44. The summed E-state index contributed by atoms with van der Waals surface area (Å²) in [5.74, 6) is 1.06. The van der Waals surface area contributed by atoms with E-state index in [9.17, 15) is 9.59 Å². The number of hydrogen-bond donors (Lipinski definition) is 0. The van der Waals surface area contributed by atoms with Crippen LogP contribution in [0, 0.1) is 17.8 Å². The van der Waals surface area contributed by atoms with Crippen LogP contribution in [0.2, 0.25) is 0 Å². The van der Waals surface area contributed by atoms with E-state index in [2.05, 4.69) is 6.92 Å². The Bertz CT molecular complexity index is 408. The lowest BCUT2D eigenvalue weighted by molar-refractivity contribution is -0.117. The molecule has 2 rings (SSSR count). The quantitative estimate of drug-likeness (QED) is 0.725. The molecule has 0 aliphatic heterocycles. The third-order valence-electron chi connectivity index (χ3n) is 3.45. The van der Waals surface area contributed by atoms with Crippen molar-refractivity contribution in [2.24, 2.45) is 17.8 Å². The first-order valence-corrected chi connectivity index (χ1v) is 5.70. The summed E-state index contributed by atoms with van der Waals surface area (Å²) in [6, 6.07) is 9.34. The highest BCUT2D eigenvalue weighted by Gasteiger charge is 2.51. The number of carbonyl (C=O) groups excluding carboxylic acids is 2. The van der Waals surface area contributed by atoms with Crippen LogP contribution in [-0.2, 0) is 4.79 Å². The van der Waals surface area contributed by atoms with Crippen molar-refractivity contribution in [3.05, 3.63) is 35.9 Å². The van der Waals surface area contributed by atoms with Gasteiger partial charge in [-0.05, 0) is 18.8 Å². The Balaban J connectivity index is 2.06. The number of benzene rings is 1. The number of Topliss-reactive ketones (excluding diaryl/α,β-unsaturated/α-hetero) is 2. The fourth-order valence-corrected chi connectivity index (χ4v) is 2.42. The van der Waals surface area contributed by atoms with E-state index in [-0.39, 0.29) is 23.4 Å². The molecule has 0 saturated heterocycles. The smallest absolute Gasteiger partial charge is 0.166 e. The Kier molecular flexibility index (Phi) is 2.90. The number of ketones is 2. The zero-order valence-electron chi connectivity index (χ0n) is 9.64. The zero-order chi connectivity index (χ0) is 11.7. The van der Waals surface area contributed by atoms with Crippen LogP contribution >= 0.6 is 0 Å². The molecule has 1 fully saturated rings. The van der Waals surface area contributed by atoms with Crippen molar-refractivity contribution < 1.29 is 9.59 Å². The SMILES string of the molecule is CC(=O)C[C@H]1[C@@H](C)[C@H]1C(=O)c1ccccc1. The molecule has 1 saturated carbocycles. The predicted molar refractivity (Wildman–Crippen MR) is 62.2 cm³/mol. The number of rotatable bonds is 4. The van der Waals surface area contributed by atoms with Gasteiger partial charge >= 0.3 is 0 Å². The van der Waals surface area contributed by atoms with Crippen LogP contribution < -0.4 is 0 Å². The van der Waals surface area contributed by atoms with Crippen molar-refractivity contribution in [2.75, 3.05) is 0 Å². The highest BCUT2D eigenvalue weighted by Crippen LogP contribution is 2.49. The van der Waals surface area contributed by atoms with E-state index in [1.807, 2.05) is 30.3 Å². The average Bonchev–Trinajstić information content (AvgIpc) is 2.88. The molecule has 16 heavy (non-hydrogen) atoms. The standard InChI is InChI=1S/C14H16O2/c1-9(15)8-12-10(2)13(12)14(16)11-6-4-3-5-7-11/h3-7,10,12-13H,8H2,1-2H3/t10-,12+,13-/m1/s1. The Morgan fingerprint density at radius 3 is 2.38 bits per heavy atom. The van der Waals surface area contributed by atoms with Crippen LogP contribution in [0.25, 0.3) is 0 Å². The van der Waals surface area contributed by atoms with E-state index in [0.29, 0.717) is 12.3 Å². The van der Waals surface area contributed by atoms with Crippen molar-refractivity contribution >= 4 is 11.6 Å². The second kappa shape index (κ2) is 4.20. The fraction of sp³-hybridized carbons (Fsp3) is 0.429. The molecular formula is C14H16O2. The van der Waals surface area contributed by atoms with Gasteiger partial charge in [0.15, 0.2) is 5.78 Å². The first-order valence-electron chi connectivity index (χ1n) is 5.70. The van der Waals surface area contributed by atoms with Crippen molar-refractivity contribution in [3.8, 4) is 0 Å². The van der Waals surface area contributed by atoms with E-state index in [4.69, 9.17) is 0 Å². The summed E-state index contributed by atoms with van der Waals surface area (Å²) >= 11 is 0. The van der Waals surface area contributed by atoms with Crippen molar-refractivity contribution in [1.82, 2.24) is 0 Å². The molecule has 1 aromatic rings. The van der Waals surface area contributed by atoms with E-state index in [1.165, 1.54) is 0 Å². The minimum absolute atomic E-state index is 0.0614. The molecule has 0 aromatic heterocycles. The normalized spacial score (nSPS) is 27.5. The third-order valence-corrected chi connectivity index (χ3v) is 3.45. The second-order valence-electron chi connectivity index (χ2n) is 4.69. The molecular weight excluding hydrogens is 200 g/mol. The summed E-state index contributed by atoms with van der Waals surface area (Å²) in [6.07, 6.45) is 0.546. The molecule has 0 amide bonds. The van der Waals surface area contributed by atoms with E-state index in [0.717, 1.165) is 5.56 Å². The van der Waals surface area contributed by atoms with Crippen LogP contribution in [-0.4, -0.2) is 11.6 Å². The highest BCUT2D eigenvalue weighted by atomic mass is 16.1. The maximum absolute atomic E-state index is 12.1. The summed E-state index contributed by atoms with van der Waals surface area (Å²) in [5, 5.41) is 0. The minimum atomic E-state index is 0.0614. The predicted octanol–water partition coefficient (Wildman–Crippen LogP) is 2.73. The van der Waals surface area contributed by atoms with Crippen LogP contribution in [0.4, 0.5) is 0 Å². The Morgan fingerprint density at radius 1 is 1.19 bits per heavy atom. The molecule has 1 aliphatic carbocycles. The van der Waals surface area contributed by atoms with Gasteiger partial charge in [0.2, 0.25) is 0 Å². The van der Waals surface area contributed by atoms with Gasteiger partial charge in [0.05, 0.1) is 0 Å². The molecule has 1 aromatic carbocycles. The molecule has 84 valence electrons. The van der Waals surface area contributed by atoms with Crippen LogP contribution in [0.1, 0.15) is 30.6 Å². The molecule has 0 N–H and O–H groups in total. The number of carbonyl (C=O) groups is 2. The molecule has 0 radical (unpaired) electrons. The van der Waals surface area contributed by atoms with Gasteiger partial charge in [-0.3, -0.25) is 4.79 Å². The number of hydrogen-bond acceptors (Lipinski definition) is 2. The monoisotopic (exact) mass is 216 g/mol. The third kappa shape index (κ3) is 2.06. The van der Waals surface area contributed by atoms with Gasteiger partial charge < -0.3 is 4.79 Å². The van der Waals surface area contributed by atoms with Gasteiger partial charge in [0.25, 0.3) is 0 Å². The topological polar surface area (TPSA) is 34.1 Å². The molecule has 2 nitrogen and oxygen atoms in total. The van der Waals surface area contributed by atoms with Crippen LogP contribution in [0.5, 0.6) is 0 Å². The first-order chi connectivity index (χ1) is 7.61. The van der Waals surface area contributed by atoms with E-state index < -0.39 is 0 Å². The molecule has 1 aliphatic rings. The minimum Gasteiger partial charge on any atom is -0.300 e. The van der Waals surface area contributed by atoms with Crippen molar-refractivity contribution in [2.45, 2.75) is 20.3 Å². The second-order valence-corrected chi connectivity index (χ2v) is 4.69. The van der Waals surface area contributed by atoms with Gasteiger partial charge in [0.1, 0.15) is 5.78 Å². The Labute approximate surface area is 95.7 Å². The lowest BCUT2D eigenvalue weighted by atomic mass is 10.0. The summed E-state index contributed by atoms with van der Waals surface area (Å²) < 4.78 is 0. The van der Waals surface area contributed by atoms with Crippen molar-refractivity contribution in [1.29, 1.82) is 0 Å². The van der Waals surface area contributed by atoms with E-state index >= 15 is 0 Å². The summed E-state index contributed by atoms with van der Waals surface area (Å²) in [7, 11) is 0. The summed E-state index contributed by atoms with van der Waals surface area (Å²) in [6.45, 7) is 3.65. The van der Waals surface area contributed by atoms with Gasteiger partial charge in [0, 0.05) is 17.9 Å². The summed E-state index contributed by atoms with van der Waals surface area (Å²) in [5.41, 5.74) is 0.769. The highest BCUT2D eigenvalue weighted by molar-refractivity contribution is 6.00. The molecule has 0 spiro atoms. The van der Waals surface area contributed by atoms with E-state index in [1.54, 1.807) is 6.92 Å². The molecule has 0 heterocycles. The molecule has 0 bridgehead atoms. The molecule has 3 atom stereocenters. The van der Waals surface area contributed by atoms with Gasteiger partial charge in [-0.25, -0.2) is 0 Å². The largest absolute Gasteiger partial charge is 0.300 e.